The second-order valence-electron chi connectivity index (χ2n) is 6.94. The van der Waals surface area contributed by atoms with Crippen molar-refractivity contribution in [3.05, 3.63) is 59.5 Å². The summed E-state index contributed by atoms with van der Waals surface area (Å²) in [5.41, 5.74) is 2.29. The highest BCUT2D eigenvalue weighted by Crippen LogP contribution is 2.36. The van der Waals surface area contributed by atoms with Crippen molar-refractivity contribution in [1.29, 1.82) is 0 Å². The molecule has 0 saturated carbocycles. The standard InChI is InChI=1S/C22H20N2O5/c1-23(2)22(26)28-15-5-7-16-19(11-15)29-20(21(16)25)9-13-12-24(3)18-8-6-14(27-4)10-17(13)18/h5-12H,1-4H3. The average Bonchev–Trinajstić information content (AvgIpc) is 3.18. The van der Waals surface area contributed by atoms with E-state index in [0.29, 0.717) is 17.1 Å². The number of nitrogens with zero attached hydrogens (tertiary/aromatic N) is 2. The van der Waals surface area contributed by atoms with Crippen LogP contribution in [0.1, 0.15) is 15.9 Å². The van der Waals surface area contributed by atoms with Gasteiger partial charge in [-0.1, -0.05) is 0 Å². The normalized spacial score (nSPS) is 14.1. The van der Waals surface area contributed by atoms with Gasteiger partial charge in [-0.25, -0.2) is 4.79 Å². The molecule has 0 saturated heterocycles. The number of benzene rings is 2. The highest BCUT2D eigenvalue weighted by Gasteiger charge is 2.28. The van der Waals surface area contributed by atoms with E-state index in [1.165, 1.54) is 4.90 Å². The Morgan fingerprint density at radius 3 is 2.62 bits per heavy atom. The Bertz CT molecular complexity index is 1170. The topological polar surface area (TPSA) is 70.0 Å². The van der Waals surface area contributed by atoms with Gasteiger partial charge in [0.15, 0.2) is 5.76 Å². The second-order valence-corrected chi connectivity index (χ2v) is 6.94. The lowest BCUT2D eigenvalue weighted by molar-refractivity contribution is 0.101. The van der Waals surface area contributed by atoms with Crippen LogP contribution in [0.3, 0.4) is 0 Å². The molecule has 0 unspecified atom stereocenters. The van der Waals surface area contributed by atoms with Gasteiger partial charge in [0.25, 0.3) is 0 Å². The molecule has 148 valence electrons. The Kier molecular flexibility index (Phi) is 4.50. The number of amides is 1. The van der Waals surface area contributed by atoms with E-state index in [0.717, 1.165) is 22.2 Å². The van der Waals surface area contributed by atoms with Crippen molar-refractivity contribution in [2.24, 2.45) is 7.05 Å². The first-order valence-electron chi connectivity index (χ1n) is 8.98. The zero-order valence-electron chi connectivity index (χ0n) is 16.6. The van der Waals surface area contributed by atoms with E-state index in [1.807, 2.05) is 36.0 Å². The number of allylic oxidation sites excluding steroid dienone is 1. The number of aromatic nitrogens is 1. The fourth-order valence-electron chi connectivity index (χ4n) is 3.21. The van der Waals surface area contributed by atoms with E-state index in [2.05, 4.69) is 0 Å². The molecule has 0 bridgehead atoms. The number of hydrogen-bond acceptors (Lipinski definition) is 5. The third kappa shape index (κ3) is 3.31. The van der Waals surface area contributed by atoms with Crippen LogP contribution in [0.15, 0.2) is 48.4 Å². The third-order valence-corrected chi connectivity index (χ3v) is 4.73. The molecule has 1 amide bonds. The summed E-state index contributed by atoms with van der Waals surface area (Å²) in [4.78, 5) is 25.8. The molecule has 0 spiro atoms. The van der Waals surface area contributed by atoms with Crippen molar-refractivity contribution in [1.82, 2.24) is 9.47 Å². The monoisotopic (exact) mass is 392 g/mol. The number of ether oxygens (including phenoxy) is 3. The molecule has 0 radical (unpaired) electrons. The summed E-state index contributed by atoms with van der Waals surface area (Å²) in [5, 5.41) is 0.951. The first kappa shape index (κ1) is 18.6. The number of aryl methyl sites for hydroxylation is 1. The number of carbonyl (C=O) groups is 2. The van der Waals surface area contributed by atoms with Crippen LogP contribution in [0, 0.1) is 0 Å². The minimum absolute atomic E-state index is 0.214. The molecular weight excluding hydrogens is 372 g/mol. The van der Waals surface area contributed by atoms with E-state index in [9.17, 15) is 9.59 Å². The molecule has 0 fully saturated rings. The molecule has 29 heavy (non-hydrogen) atoms. The zero-order valence-corrected chi connectivity index (χ0v) is 16.6. The smallest absolute Gasteiger partial charge is 0.414 e. The van der Waals surface area contributed by atoms with Gasteiger partial charge in [-0.15, -0.1) is 0 Å². The highest BCUT2D eigenvalue weighted by atomic mass is 16.6. The lowest BCUT2D eigenvalue weighted by Crippen LogP contribution is -2.25. The summed E-state index contributed by atoms with van der Waals surface area (Å²) < 4.78 is 18.3. The molecule has 3 aromatic rings. The van der Waals surface area contributed by atoms with Gasteiger partial charge in [0.05, 0.1) is 12.7 Å². The van der Waals surface area contributed by atoms with Gasteiger partial charge < -0.3 is 23.7 Å². The number of Topliss-reactive ketones (excluding diaryl/α,β-unsaturated/α-hetero) is 1. The van der Waals surface area contributed by atoms with Crippen molar-refractivity contribution >= 4 is 28.9 Å². The van der Waals surface area contributed by atoms with Gasteiger partial charge in [0, 0.05) is 49.9 Å². The van der Waals surface area contributed by atoms with Crippen molar-refractivity contribution in [2.75, 3.05) is 21.2 Å². The molecule has 0 atom stereocenters. The first-order chi connectivity index (χ1) is 13.9. The fraction of sp³-hybridized carbons (Fsp3) is 0.182. The Morgan fingerprint density at radius 1 is 1.14 bits per heavy atom. The van der Waals surface area contributed by atoms with Crippen LogP contribution in [0.2, 0.25) is 0 Å². The van der Waals surface area contributed by atoms with Gasteiger partial charge >= 0.3 is 6.09 Å². The summed E-state index contributed by atoms with van der Waals surface area (Å²) in [7, 11) is 6.74. The summed E-state index contributed by atoms with van der Waals surface area (Å²) in [5.74, 6) is 1.41. The summed E-state index contributed by atoms with van der Waals surface area (Å²) >= 11 is 0. The molecule has 4 rings (SSSR count). The highest BCUT2D eigenvalue weighted by molar-refractivity contribution is 6.15. The molecule has 1 aliphatic rings. The quantitative estimate of drug-likeness (QED) is 0.633. The fourth-order valence-corrected chi connectivity index (χ4v) is 3.21. The van der Waals surface area contributed by atoms with Crippen LogP contribution in [0.4, 0.5) is 4.79 Å². The first-order valence-corrected chi connectivity index (χ1v) is 8.98. The van der Waals surface area contributed by atoms with Crippen LogP contribution in [0.25, 0.3) is 17.0 Å². The maximum atomic E-state index is 12.8. The lowest BCUT2D eigenvalue weighted by atomic mass is 10.1. The Balaban J connectivity index is 1.68. The Morgan fingerprint density at radius 2 is 1.90 bits per heavy atom. The number of carbonyl (C=O) groups excluding carboxylic acids is 2. The van der Waals surface area contributed by atoms with Crippen LogP contribution in [-0.4, -0.2) is 42.5 Å². The van der Waals surface area contributed by atoms with Crippen LogP contribution < -0.4 is 14.2 Å². The zero-order chi connectivity index (χ0) is 20.7. The maximum absolute atomic E-state index is 12.8. The van der Waals surface area contributed by atoms with Crippen LogP contribution >= 0.6 is 0 Å². The molecule has 2 aromatic carbocycles. The Labute approximate surface area is 167 Å². The average molecular weight is 392 g/mol. The van der Waals surface area contributed by atoms with Crippen LogP contribution in [0.5, 0.6) is 17.2 Å². The molecule has 1 aromatic heterocycles. The molecular formula is C22H20N2O5. The summed E-state index contributed by atoms with van der Waals surface area (Å²) in [6.07, 6.45) is 3.14. The number of hydrogen-bond donors (Lipinski definition) is 0. The lowest BCUT2D eigenvalue weighted by Gasteiger charge is -2.10. The number of ketones is 1. The molecule has 2 heterocycles. The molecule has 7 nitrogen and oxygen atoms in total. The number of fused-ring (bicyclic) bond motifs is 2. The SMILES string of the molecule is COc1ccc2c(c1)c(C=C1Oc3cc(OC(=O)N(C)C)ccc3C1=O)cn2C. The van der Waals surface area contributed by atoms with E-state index >= 15 is 0 Å². The minimum atomic E-state index is -0.505. The van der Waals surface area contributed by atoms with Gasteiger partial charge in [0.1, 0.15) is 17.2 Å². The van der Waals surface area contributed by atoms with Crippen molar-refractivity contribution < 1.29 is 23.8 Å². The van der Waals surface area contributed by atoms with E-state index < -0.39 is 6.09 Å². The van der Waals surface area contributed by atoms with E-state index in [-0.39, 0.29) is 11.5 Å². The van der Waals surface area contributed by atoms with Crippen molar-refractivity contribution in [3.8, 4) is 17.2 Å². The van der Waals surface area contributed by atoms with Crippen molar-refractivity contribution in [2.45, 2.75) is 0 Å². The molecule has 7 heteroatoms. The minimum Gasteiger partial charge on any atom is -0.497 e. The largest absolute Gasteiger partial charge is 0.497 e. The van der Waals surface area contributed by atoms with E-state index in [4.69, 9.17) is 14.2 Å². The van der Waals surface area contributed by atoms with Crippen molar-refractivity contribution in [3.63, 3.8) is 0 Å². The molecule has 0 aliphatic carbocycles. The predicted molar refractivity (Wildman–Crippen MR) is 109 cm³/mol. The summed E-state index contributed by atoms with van der Waals surface area (Å²) in [6, 6.07) is 10.5. The van der Waals surface area contributed by atoms with E-state index in [1.54, 1.807) is 45.5 Å². The second kappa shape index (κ2) is 7.01. The molecule has 0 N–H and O–H groups in total. The van der Waals surface area contributed by atoms with Gasteiger partial charge in [-0.05, 0) is 36.4 Å². The molecule has 1 aliphatic heterocycles. The van der Waals surface area contributed by atoms with Gasteiger partial charge in [-0.3, -0.25) is 4.79 Å². The van der Waals surface area contributed by atoms with Gasteiger partial charge in [0.2, 0.25) is 5.78 Å². The summed E-state index contributed by atoms with van der Waals surface area (Å²) in [6.45, 7) is 0. The maximum Gasteiger partial charge on any atom is 0.414 e. The number of rotatable bonds is 3. The number of methoxy groups -OCH3 is 1. The third-order valence-electron chi connectivity index (χ3n) is 4.73. The van der Waals surface area contributed by atoms with Crippen LogP contribution in [-0.2, 0) is 7.05 Å². The van der Waals surface area contributed by atoms with Gasteiger partial charge in [-0.2, -0.15) is 0 Å². The predicted octanol–water partition coefficient (Wildman–Crippen LogP) is 3.86. The Hall–Kier alpha value is -3.74.